The Balaban J connectivity index is 2.13. The smallest absolute Gasteiger partial charge is 0.251 e. The molecule has 2 N–H and O–H groups in total. The first-order valence-corrected chi connectivity index (χ1v) is 11.1. The number of hydrogen-bond acceptors (Lipinski definition) is 5. The molecule has 0 aromatic heterocycles. The molecule has 0 aliphatic rings. The second kappa shape index (κ2) is 10.4. The SMILES string of the molecule is CCN(CC)S(=O)(=O)c1ccc(OC)c(NC(=O)CNC(=O)c2ccc(Cl)cc2)c1. The van der Waals surface area contributed by atoms with E-state index in [1.807, 2.05) is 0 Å². The first-order chi connectivity index (χ1) is 14.2. The number of sulfonamides is 1. The van der Waals surface area contributed by atoms with Crippen molar-refractivity contribution in [3.05, 3.63) is 53.1 Å². The van der Waals surface area contributed by atoms with E-state index in [0.29, 0.717) is 29.4 Å². The molecule has 2 rings (SSSR count). The van der Waals surface area contributed by atoms with E-state index in [2.05, 4.69) is 10.6 Å². The molecular formula is C20H24ClN3O5S. The second-order valence-corrected chi connectivity index (χ2v) is 8.56. The maximum absolute atomic E-state index is 12.7. The van der Waals surface area contributed by atoms with Gasteiger partial charge in [-0.25, -0.2) is 8.42 Å². The van der Waals surface area contributed by atoms with Crippen LogP contribution in [0.3, 0.4) is 0 Å². The summed E-state index contributed by atoms with van der Waals surface area (Å²) in [5.74, 6) is -0.675. The van der Waals surface area contributed by atoms with E-state index in [0.717, 1.165) is 0 Å². The Kier molecular flexibility index (Phi) is 8.22. The number of carbonyl (C=O) groups excluding carboxylic acids is 2. The minimum atomic E-state index is -3.70. The van der Waals surface area contributed by atoms with E-state index in [-0.39, 0.29) is 17.1 Å². The van der Waals surface area contributed by atoms with Crippen LogP contribution in [0.25, 0.3) is 0 Å². The number of nitrogens with zero attached hydrogens (tertiary/aromatic N) is 1. The van der Waals surface area contributed by atoms with Gasteiger partial charge in [0, 0.05) is 23.7 Å². The van der Waals surface area contributed by atoms with Crippen molar-refractivity contribution in [1.82, 2.24) is 9.62 Å². The van der Waals surface area contributed by atoms with Gasteiger partial charge in [0.15, 0.2) is 0 Å². The van der Waals surface area contributed by atoms with E-state index in [9.17, 15) is 18.0 Å². The van der Waals surface area contributed by atoms with Crippen LogP contribution >= 0.6 is 11.6 Å². The number of methoxy groups -OCH3 is 1. The average Bonchev–Trinajstić information content (AvgIpc) is 2.73. The van der Waals surface area contributed by atoms with E-state index in [4.69, 9.17) is 16.3 Å². The number of hydrogen-bond donors (Lipinski definition) is 2. The molecule has 0 atom stereocenters. The molecule has 2 aromatic rings. The summed E-state index contributed by atoms with van der Waals surface area (Å²) in [4.78, 5) is 24.5. The molecule has 0 radical (unpaired) electrons. The third-order valence-electron chi connectivity index (χ3n) is 4.30. The Hall–Kier alpha value is -2.62. The molecule has 0 aliphatic carbocycles. The summed E-state index contributed by atoms with van der Waals surface area (Å²) in [6.45, 7) is 3.83. The fourth-order valence-electron chi connectivity index (χ4n) is 2.72. The highest BCUT2D eigenvalue weighted by Crippen LogP contribution is 2.28. The van der Waals surface area contributed by atoms with Crippen molar-refractivity contribution in [3.63, 3.8) is 0 Å². The lowest BCUT2D eigenvalue weighted by molar-refractivity contribution is -0.115. The van der Waals surface area contributed by atoms with Crippen LogP contribution in [0.4, 0.5) is 5.69 Å². The largest absolute Gasteiger partial charge is 0.495 e. The third-order valence-corrected chi connectivity index (χ3v) is 6.60. The van der Waals surface area contributed by atoms with Crippen LogP contribution in [0, 0.1) is 0 Å². The summed E-state index contributed by atoms with van der Waals surface area (Å²) < 4.78 is 32.0. The number of amides is 2. The fourth-order valence-corrected chi connectivity index (χ4v) is 4.33. The van der Waals surface area contributed by atoms with Gasteiger partial charge in [-0.2, -0.15) is 4.31 Å². The molecule has 8 nitrogen and oxygen atoms in total. The second-order valence-electron chi connectivity index (χ2n) is 6.19. The van der Waals surface area contributed by atoms with E-state index in [1.54, 1.807) is 38.1 Å². The Labute approximate surface area is 181 Å². The quantitative estimate of drug-likeness (QED) is 0.607. The zero-order valence-corrected chi connectivity index (χ0v) is 18.5. The topological polar surface area (TPSA) is 105 Å². The van der Waals surface area contributed by atoms with Crippen molar-refractivity contribution in [1.29, 1.82) is 0 Å². The number of anilines is 1. The normalized spacial score (nSPS) is 11.2. The number of halogens is 1. The van der Waals surface area contributed by atoms with Gasteiger partial charge in [0.1, 0.15) is 5.75 Å². The van der Waals surface area contributed by atoms with Crippen molar-refractivity contribution in [3.8, 4) is 5.75 Å². The molecule has 0 heterocycles. The molecular weight excluding hydrogens is 430 g/mol. The van der Waals surface area contributed by atoms with Crippen molar-refractivity contribution >= 4 is 39.1 Å². The van der Waals surface area contributed by atoms with Gasteiger partial charge in [0.2, 0.25) is 15.9 Å². The molecule has 2 aromatic carbocycles. The van der Waals surface area contributed by atoms with Crippen LogP contribution in [-0.4, -0.2) is 51.3 Å². The zero-order chi connectivity index (χ0) is 22.3. The lowest BCUT2D eigenvalue weighted by Crippen LogP contribution is -2.33. The lowest BCUT2D eigenvalue weighted by atomic mass is 10.2. The molecule has 162 valence electrons. The predicted octanol–water partition coefficient (Wildman–Crippen LogP) is 2.75. The van der Waals surface area contributed by atoms with E-state index in [1.165, 1.54) is 29.6 Å². The molecule has 0 fully saturated rings. The van der Waals surface area contributed by atoms with Gasteiger partial charge < -0.3 is 15.4 Å². The van der Waals surface area contributed by atoms with Crippen molar-refractivity contribution < 1.29 is 22.7 Å². The highest BCUT2D eigenvalue weighted by molar-refractivity contribution is 7.89. The highest BCUT2D eigenvalue weighted by atomic mass is 35.5. The average molecular weight is 454 g/mol. The summed E-state index contributed by atoms with van der Waals surface area (Å²) >= 11 is 5.79. The van der Waals surface area contributed by atoms with Gasteiger partial charge in [-0.1, -0.05) is 25.4 Å². The van der Waals surface area contributed by atoms with Crippen molar-refractivity contribution in [2.45, 2.75) is 18.7 Å². The lowest BCUT2D eigenvalue weighted by Gasteiger charge is -2.19. The van der Waals surface area contributed by atoms with Crippen LogP contribution in [0.5, 0.6) is 5.75 Å². The maximum atomic E-state index is 12.7. The zero-order valence-electron chi connectivity index (χ0n) is 16.9. The molecule has 0 saturated carbocycles. The van der Waals surface area contributed by atoms with Crippen LogP contribution in [-0.2, 0) is 14.8 Å². The van der Waals surface area contributed by atoms with E-state index < -0.39 is 21.8 Å². The number of benzene rings is 2. The van der Waals surface area contributed by atoms with Gasteiger partial charge in [0.25, 0.3) is 5.91 Å². The molecule has 30 heavy (non-hydrogen) atoms. The van der Waals surface area contributed by atoms with Gasteiger partial charge in [-0.05, 0) is 42.5 Å². The summed E-state index contributed by atoms with van der Waals surface area (Å²) in [5, 5.41) is 5.57. The molecule has 0 unspecified atom stereocenters. The first-order valence-electron chi connectivity index (χ1n) is 9.24. The van der Waals surface area contributed by atoms with Crippen molar-refractivity contribution in [2.24, 2.45) is 0 Å². The Bertz CT molecular complexity index is 1010. The van der Waals surface area contributed by atoms with Crippen LogP contribution in [0.2, 0.25) is 5.02 Å². The predicted molar refractivity (Wildman–Crippen MR) is 116 cm³/mol. The van der Waals surface area contributed by atoms with Gasteiger partial charge in [-0.15, -0.1) is 0 Å². The molecule has 2 amide bonds. The van der Waals surface area contributed by atoms with E-state index >= 15 is 0 Å². The van der Waals surface area contributed by atoms with Gasteiger partial charge in [-0.3, -0.25) is 9.59 Å². The van der Waals surface area contributed by atoms with Crippen LogP contribution in [0.15, 0.2) is 47.4 Å². The maximum Gasteiger partial charge on any atom is 0.251 e. The van der Waals surface area contributed by atoms with Gasteiger partial charge >= 0.3 is 0 Å². The minimum Gasteiger partial charge on any atom is -0.495 e. The number of ether oxygens (including phenoxy) is 1. The molecule has 0 spiro atoms. The molecule has 0 saturated heterocycles. The summed E-state index contributed by atoms with van der Waals surface area (Å²) in [6.07, 6.45) is 0. The summed E-state index contributed by atoms with van der Waals surface area (Å²) in [5.41, 5.74) is 0.550. The van der Waals surface area contributed by atoms with Crippen molar-refractivity contribution in [2.75, 3.05) is 32.1 Å². The molecule has 0 bridgehead atoms. The third kappa shape index (κ3) is 5.71. The van der Waals surface area contributed by atoms with Crippen LogP contribution < -0.4 is 15.4 Å². The number of rotatable bonds is 9. The van der Waals surface area contributed by atoms with Gasteiger partial charge in [0.05, 0.1) is 24.2 Å². The molecule has 10 heteroatoms. The summed E-state index contributed by atoms with van der Waals surface area (Å²) in [7, 11) is -2.30. The Morgan fingerprint density at radius 3 is 2.27 bits per heavy atom. The summed E-state index contributed by atoms with van der Waals surface area (Å²) in [6, 6.07) is 10.5. The van der Waals surface area contributed by atoms with Crippen LogP contribution in [0.1, 0.15) is 24.2 Å². The monoisotopic (exact) mass is 453 g/mol. The highest BCUT2D eigenvalue weighted by Gasteiger charge is 2.23. The number of nitrogens with one attached hydrogen (secondary N) is 2. The Morgan fingerprint density at radius 2 is 1.70 bits per heavy atom. The molecule has 0 aliphatic heterocycles. The first kappa shape index (κ1) is 23.7. The standard InChI is InChI=1S/C20H24ClN3O5S/c1-4-24(5-2)30(27,28)16-10-11-18(29-3)17(12-16)23-19(25)13-22-20(26)14-6-8-15(21)9-7-14/h6-12H,4-5,13H2,1-3H3,(H,22,26)(H,23,25). The minimum absolute atomic E-state index is 0.0347. The number of carbonyl (C=O) groups is 2. The Morgan fingerprint density at radius 1 is 1.07 bits per heavy atom. The fraction of sp³-hybridized carbons (Fsp3) is 0.300.